The normalized spacial score (nSPS) is 13.8. The second-order valence-electron chi connectivity index (χ2n) is 6.35. The van der Waals surface area contributed by atoms with E-state index in [-0.39, 0.29) is 18.9 Å². The molecular weight excluding hydrogens is 292 g/mol. The summed E-state index contributed by atoms with van der Waals surface area (Å²) in [6.45, 7) is 9.02. The Morgan fingerprint density at radius 3 is 2.61 bits per heavy atom. The Balaban J connectivity index is 2.78. The first-order chi connectivity index (χ1) is 10.8. The molecule has 0 saturated heterocycles. The maximum atomic E-state index is 11.1. The first-order valence-corrected chi connectivity index (χ1v) is 8.28. The molecule has 4 N–H and O–H groups in total. The molecule has 23 heavy (non-hydrogen) atoms. The van der Waals surface area contributed by atoms with Crippen LogP contribution in [0.3, 0.4) is 0 Å². The summed E-state index contributed by atoms with van der Waals surface area (Å²) >= 11 is 0. The average Bonchev–Trinajstić information content (AvgIpc) is 2.50. The summed E-state index contributed by atoms with van der Waals surface area (Å²) in [5.74, 6) is 0.726. The van der Waals surface area contributed by atoms with Crippen LogP contribution in [-0.4, -0.2) is 36.3 Å². The summed E-state index contributed by atoms with van der Waals surface area (Å²) in [7, 11) is 0. The van der Waals surface area contributed by atoms with E-state index in [1.54, 1.807) is 0 Å². The number of amides is 1. The smallest absolute Gasteiger partial charge is 0.221 e. The standard InChI is InChI=1S/C18H30N2O3/c1-5-13(4)16-8-14(9-18(19)22)6-7-17(16)23-11-15(21)10-20-12(2)3/h6-8,12-13,15,20-21H,5,9-11H2,1-4H3,(H2,19,22). The number of carbonyl (C=O) groups is 1. The predicted molar refractivity (Wildman–Crippen MR) is 92.7 cm³/mol. The predicted octanol–water partition coefficient (Wildman–Crippen LogP) is 1.97. The van der Waals surface area contributed by atoms with E-state index in [9.17, 15) is 9.90 Å². The van der Waals surface area contributed by atoms with E-state index in [0.29, 0.717) is 18.5 Å². The Bertz CT molecular complexity index is 503. The number of hydrogen-bond acceptors (Lipinski definition) is 4. The number of primary amides is 1. The van der Waals surface area contributed by atoms with Gasteiger partial charge in [0, 0.05) is 12.6 Å². The van der Waals surface area contributed by atoms with Crippen molar-refractivity contribution >= 4 is 5.91 Å². The number of rotatable bonds is 10. The quantitative estimate of drug-likeness (QED) is 0.615. The summed E-state index contributed by atoms with van der Waals surface area (Å²) in [6, 6.07) is 6.02. The van der Waals surface area contributed by atoms with Gasteiger partial charge in [0.25, 0.3) is 0 Å². The Morgan fingerprint density at radius 1 is 1.35 bits per heavy atom. The van der Waals surface area contributed by atoms with E-state index in [1.165, 1.54) is 0 Å². The number of aliphatic hydroxyl groups excluding tert-OH is 1. The molecule has 0 bridgehead atoms. The lowest BCUT2D eigenvalue weighted by molar-refractivity contribution is -0.117. The van der Waals surface area contributed by atoms with E-state index >= 15 is 0 Å². The summed E-state index contributed by atoms with van der Waals surface area (Å²) < 4.78 is 5.81. The van der Waals surface area contributed by atoms with Crippen LogP contribution in [0.5, 0.6) is 5.75 Å². The molecule has 2 unspecified atom stereocenters. The molecule has 0 heterocycles. The van der Waals surface area contributed by atoms with Gasteiger partial charge in [-0.1, -0.05) is 39.8 Å². The zero-order valence-corrected chi connectivity index (χ0v) is 14.6. The van der Waals surface area contributed by atoms with Gasteiger partial charge in [-0.15, -0.1) is 0 Å². The fourth-order valence-corrected chi connectivity index (χ4v) is 2.26. The number of nitrogens with two attached hydrogens (primary N) is 1. The van der Waals surface area contributed by atoms with Gasteiger partial charge in [0.2, 0.25) is 5.91 Å². The molecule has 130 valence electrons. The van der Waals surface area contributed by atoms with E-state index < -0.39 is 6.10 Å². The monoisotopic (exact) mass is 322 g/mol. The third kappa shape index (κ3) is 7.01. The Hall–Kier alpha value is -1.59. The van der Waals surface area contributed by atoms with Crippen molar-refractivity contribution < 1.29 is 14.6 Å². The second kappa shape index (κ2) is 9.53. The number of hydrogen-bond donors (Lipinski definition) is 3. The van der Waals surface area contributed by atoms with E-state index in [2.05, 4.69) is 19.2 Å². The van der Waals surface area contributed by atoms with Gasteiger partial charge >= 0.3 is 0 Å². The molecule has 0 aliphatic carbocycles. The van der Waals surface area contributed by atoms with E-state index in [4.69, 9.17) is 10.5 Å². The van der Waals surface area contributed by atoms with Gasteiger partial charge in [0.1, 0.15) is 18.5 Å². The highest BCUT2D eigenvalue weighted by molar-refractivity contribution is 5.76. The van der Waals surface area contributed by atoms with Gasteiger partial charge in [-0.05, 0) is 29.5 Å². The minimum absolute atomic E-state index is 0.227. The van der Waals surface area contributed by atoms with Crippen molar-refractivity contribution in [2.24, 2.45) is 5.73 Å². The molecule has 5 nitrogen and oxygen atoms in total. The molecule has 1 aromatic rings. The van der Waals surface area contributed by atoms with Crippen LogP contribution in [0.25, 0.3) is 0 Å². The molecule has 1 aromatic carbocycles. The maximum Gasteiger partial charge on any atom is 0.221 e. The minimum Gasteiger partial charge on any atom is -0.491 e. The number of ether oxygens (including phenoxy) is 1. The second-order valence-corrected chi connectivity index (χ2v) is 6.35. The zero-order chi connectivity index (χ0) is 17.4. The molecule has 0 aliphatic heterocycles. The molecule has 0 radical (unpaired) electrons. The molecular formula is C18H30N2O3. The lowest BCUT2D eigenvalue weighted by Gasteiger charge is -2.19. The molecule has 1 amide bonds. The molecule has 0 aromatic heterocycles. The van der Waals surface area contributed by atoms with Crippen LogP contribution in [0.2, 0.25) is 0 Å². The summed E-state index contributed by atoms with van der Waals surface area (Å²) in [6.07, 6.45) is 0.630. The van der Waals surface area contributed by atoms with Gasteiger partial charge in [-0.25, -0.2) is 0 Å². The Labute approximate surface area is 139 Å². The molecule has 1 rings (SSSR count). The Morgan fingerprint density at radius 2 is 2.04 bits per heavy atom. The molecule has 0 spiro atoms. The zero-order valence-electron chi connectivity index (χ0n) is 14.6. The molecule has 0 saturated carbocycles. The largest absolute Gasteiger partial charge is 0.491 e. The van der Waals surface area contributed by atoms with Crippen molar-refractivity contribution in [3.63, 3.8) is 0 Å². The summed E-state index contributed by atoms with van der Waals surface area (Å²) in [5.41, 5.74) is 7.21. The molecule has 5 heteroatoms. The molecule has 2 atom stereocenters. The summed E-state index contributed by atoms with van der Waals surface area (Å²) in [5, 5.41) is 13.2. The molecule has 0 fully saturated rings. The van der Waals surface area contributed by atoms with Crippen molar-refractivity contribution in [3.8, 4) is 5.75 Å². The SMILES string of the molecule is CCC(C)c1cc(CC(N)=O)ccc1OCC(O)CNC(C)C. The highest BCUT2D eigenvalue weighted by Gasteiger charge is 2.14. The number of carbonyl (C=O) groups excluding carboxylic acids is 1. The fraction of sp³-hybridized carbons (Fsp3) is 0.611. The lowest BCUT2D eigenvalue weighted by Crippen LogP contribution is -2.35. The van der Waals surface area contributed by atoms with Crippen molar-refractivity contribution in [1.29, 1.82) is 0 Å². The first kappa shape index (κ1) is 19.5. The highest BCUT2D eigenvalue weighted by Crippen LogP contribution is 2.30. The maximum absolute atomic E-state index is 11.1. The van der Waals surface area contributed by atoms with Gasteiger partial charge in [0.15, 0.2) is 0 Å². The van der Waals surface area contributed by atoms with Crippen LogP contribution >= 0.6 is 0 Å². The van der Waals surface area contributed by atoms with Gasteiger partial charge in [-0.3, -0.25) is 4.79 Å². The van der Waals surface area contributed by atoms with Gasteiger partial charge in [-0.2, -0.15) is 0 Å². The first-order valence-electron chi connectivity index (χ1n) is 8.28. The highest BCUT2D eigenvalue weighted by atomic mass is 16.5. The van der Waals surface area contributed by atoms with E-state index in [0.717, 1.165) is 23.3 Å². The van der Waals surface area contributed by atoms with Crippen LogP contribution in [0, 0.1) is 0 Å². The van der Waals surface area contributed by atoms with Crippen LogP contribution in [-0.2, 0) is 11.2 Å². The average molecular weight is 322 g/mol. The minimum atomic E-state index is -0.563. The third-order valence-corrected chi connectivity index (χ3v) is 3.79. The Kier molecular flexibility index (Phi) is 8.06. The van der Waals surface area contributed by atoms with Crippen LogP contribution in [0.1, 0.15) is 51.2 Å². The van der Waals surface area contributed by atoms with E-state index in [1.807, 2.05) is 32.0 Å². The fourth-order valence-electron chi connectivity index (χ4n) is 2.26. The van der Waals surface area contributed by atoms with Gasteiger partial charge in [0.05, 0.1) is 6.42 Å². The summed E-state index contributed by atoms with van der Waals surface area (Å²) in [4.78, 5) is 11.1. The van der Waals surface area contributed by atoms with Crippen molar-refractivity contribution in [2.45, 2.75) is 58.6 Å². The topological polar surface area (TPSA) is 84.6 Å². The van der Waals surface area contributed by atoms with Crippen molar-refractivity contribution in [1.82, 2.24) is 5.32 Å². The number of nitrogens with one attached hydrogen (secondary N) is 1. The van der Waals surface area contributed by atoms with Crippen LogP contribution < -0.4 is 15.8 Å². The van der Waals surface area contributed by atoms with Crippen LogP contribution in [0.15, 0.2) is 18.2 Å². The van der Waals surface area contributed by atoms with Gasteiger partial charge < -0.3 is 20.9 Å². The lowest BCUT2D eigenvalue weighted by atomic mass is 9.95. The number of benzene rings is 1. The van der Waals surface area contributed by atoms with Crippen molar-refractivity contribution in [2.75, 3.05) is 13.2 Å². The third-order valence-electron chi connectivity index (χ3n) is 3.79. The van der Waals surface area contributed by atoms with Crippen molar-refractivity contribution in [3.05, 3.63) is 29.3 Å². The van der Waals surface area contributed by atoms with Crippen LogP contribution in [0.4, 0.5) is 0 Å². The number of aliphatic hydroxyl groups is 1. The molecule has 0 aliphatic rings.